The molecule has 0 atom stereocenters. The van der Waals surface area contributed by atoms with Gasteiger partial charge in [-0.05, 0) is 18.2 Å². The molecule has 0 saturated heterocycles. The fourth-order valence-electron chi connectivity index (χ4n) is 2.89. The number of carbonyl (C=O) groups is 2. The molecule has 2 N–H and O–H groups in total. The van der Waals surface area contributed by atoms with Gasteiger partial charge in [0, 0.05) is 18.4 Å². The van der Waals surface area contributed by atoms with Gasteiger partial charge in [0.05, 0.1) is 25.0 Å². The molecule has 0 saturated carbocycles. The van der Waals surface area contributed by atoms with E-state index in [4.69, 9.17) is 0 Å². The average Bonchev–Trinajstić information content (AvgIpc) is 3.12. The standard InChI is InChI=1S/C18H16N6O3/c25-16-10-19-15(9-20-16)18(27)23-6-7-24-13(11-23)8-14(22-24)17(26)21-12-4-2-1-3-5-12/h1-5,8-10H,6-7,11H2,(H,20,25)(H,21,26). The molecule has 4 rings (SSSR count). The Bertz CT molecular complexity index is 1040. The topological polar surface area (TPSA) is 113 Å². The molecule has 9 nitrogen and oxygen atoms in total. The van der Waals surface area contributed by atoms with E-state index in [-0.39, 0.29) is 23.1 Å². The van der Waals surface area contributed by atoms with Crippen molar-refractivity contribution in [1.82, 2.24) is 24.6 Å². The van der Waals surface area contributed by atoms with E-state index in [1.807, 2.05) is 18.2 Å². The maximum absolute atomic E-state index is 12.5. The predicted molar refractivity (Wildman–Crippen MR) is 96.2 cm³/mol. The van der Waals surface area contributed by atoms with Gasteiger partial charge < -0.3 is 15.2 Å². The van der Waals surface area contributed by atoms with Crippen LogP contribution in [0.1, 0.15) is 26.7 Å². The van der Waals surface area contributed by atoms with Crippen molar-refractivity contribution in [2.75, 3.05) is 11.9 Å². The number of aromatic nitrogens is 4. The number of benzene rings is 1. The second-order valence-electron chi connectivity index (χ2n) is 6.09. The highest BCUT2D eigenvalue weighted by molar-refractivity contribution is 6.03. The largest absolute Gasteiger partial charge is 0.330 e. The summed E-state index contributed by atoms with van der Waals surface area (Å²) in [6.07, 6.45) is 2.38. The summed E-state index contributed by atoms with van der Waals surface area (Å²) in [6, 6.07) is 10.8. The fraction of sp³-hybridized carbons (Fsp3) is 0.167. The quantitative estimate of drug-likeness (QED) is 0.716. The lowest BCUT2D eigenvalue weighted by molar-refractivity contribution is 0.0699. The molecule has 0 unspecified atom stereocenters. The van der Waals surface area contributed by atoms with E-state index >= 15 is 0 Å². The molecule has 0 radical (unpaired) electrons. The summed E-state index contributed by atoms with van der Waals surface area (Å²) in [7, 11) is 0. The number of hydrogen-bond acceptors (Lipinski definition) is 5. The third-order valence-corrected chi connectivity index (χ3v) is 4.24. The Labute approximate surface area is 153 Å². The second kappa shape index (κ2) is 6.87. The molecule has 27 heavy (non-hydrogen) atoms. The van der Waals surface area contributed by atoms with Crippen LogP contribution in [0, 0.1) is 0 Å². The number of para-hydroxylation sites is 1. The summed E-state index contributed by atoms with van der Waals surface area (Å²) in [4.78, 5) is 43.9. The number of anilines is 1. The first-order chi connectivity index (χ1) is 13.1. The summed E-state index contributed by atoms with van der Waals surface area (Å²) < 4.78 is 1.73. The predicted octanol–water partition coefficient (Wildman–Crippen LogP) is 0.875. The third-order valence-electron chi connectivity index (χ3n) is 4.24. The summed E-state index contributed by atoms with van der Waals surface area (Å²) in [5.41, 5.74) is 1.55. The van der Waals surface area contributed by atoms with Crippen LogP contribution in [0.4, 0.5) is 5.69 Å². The third kappa shape index (κ3) is 3.47. The molecule has 3 aromatic rings. The van der Waals surface area contributed by atoms with E-state index in [9.17, 15) is 14.4 Å². The Kier molecular flexibility index (Phi) is 4.25. The molecule has 0 spiro atoms. The summed E-state index contributed by atoms with van der Waals surface area (Å²) in [5.74, 6) is -0.586. The molecular formula is C18H16N6O3. The molecular weight excluding hydrogens is 348 g/mol. The second-order valence-corrected chi connectivity index (χ2v) is 6.09. The van der Waals surface area contributed by atoms with Crippen LogP contribution in [0.2, 0.25) is 0 Å². The molecule has 1 aliphatic heterocycles. The fourth-order valence-corrected chi connectivity index (χ4v) is 2.89. The van der Waals surface area contributed by atoms with Crippen molar-refractivity contribution in [1.29, 1.82) is 0 Å². The van der Waals surface area contributed by atoms with Crippen molar-refractivity contribution in [3.8, 4) is 0 Å². The number of hydrogen-bond donors (Lipinski definition) is 2. The first kappa shape index (κ1) is 16.7. The van der Waals surface area contributed by atoms with Gasteiger partial charge in [-0.3, -0.25) is 19.1 Å². The van der Waals surface area contributed by atoms with Crippen LogP contribution in [0.5, 0.6) is 0 Å². The zero-order valence-electron chi connectivity index (χ0n) is 14.3. The number of nitrogens with zero attached hydrogens (tertiary/aromatic N) is 4. The Morgan fingerprint density at radius 1 is 1.11 bits per heavy atom. The van der Waals surface area contributed by atoms with Crippen LogP contribution < -0.4 is 10.9 Å². The van der Waals surface area contributed by atoms with Crippen molar-refractivity contribution >= 4 is 17.5 Å². The number of H-pyrrole nitrogens is 1. The van der Waals surface area contributed by atoms with Gasteiger partial charge in [0.15, 0.2) is 5.69 Å². The van der Waals surface area contributed by atoms with Gasteiger partial charge >= 0.3 is 0 Å². The van der Waals surface area contributed by atoms with Gasteiger partial charge in [-0.1, -0.05) is 18.2 Å². The van der Waals surface area contributed by atoms with Crippen molar-refractivity contribution < 1.29 is 9.59 Å². The highest BCUT2D eigenvalue weighted by Gasteiger charge is 2.25. The van der Waals surface area contributed by atoms with E-state index in [0.717, 1.165) is 11.9 Å². The van der Waals surface area contributed by atoms with Crippen molar-refractivity contribution in [2.45, 2.75) is 13.1 Å². The Morgan fingerprint density at radius 2 is 1.93 bits per heavy atom. The van der Waals surface area contributed by atoms with E-state index < -0.39 is 0 Å². The first-order valence-corrected chi connectivity index (χ1v) is 8.37. The van der Waals surface area contributed by atoms with E-state index in [1.54, 1.807) is 27.8 Å². The van der Waals surface area contributed by atoms with Crippen LogP contribution in [-0.2, 0) is 13.1 Å². The monoisotopic (exact) mass is 364 g/mol. The Hall–Kier alpha value is -3.75. The van der Waals surface area contributed by atoms with E-state index in [1.165, 1.54) is 6.20 Å². The Balaban J connectivity index is 1.49. The lowest BCUT2D eigenvalue weighted by Crippen LogP contribution is -2.39. The number of rotatable bonds is 3. The lowest BCUT2D eigenvalue weighted by atomic mass is 10.2. The van der Waals surface area contributed by atoms with Crippen molar-refractivity contribution in [3.63, 3.8) is 0 Å². The minimum absolute atomic E-state index is 0.171. The van der Waals surface area contributed by atoms with E-state index in [0.29, 0.717) is 31.0 Å². The average molecular weight is 364 g/mol. The first-order valence-electron chi connectivity index (χ1n) is 8.37. The maximum atomic E-state index is 12.5. The molecule has 1 aromatic carbocycles. The number of fused-ring (bicyclic) bond motifs is 1. The SMILES string of the molecule is O=C(Nc1ccccc1)c1cc2n(n1)CCN(C(=O)c1c[nH]c(=O)cn1)C2. The lowest BCUT2D eigenvalue weighted by Gasteiger charge is -2.27. The minimum atomic E-state index is -0.364. The molecule has 9 heteroatoms. The van der Waals surface area contributed by atoms with Gasteiger partial charge in [-0.15, -0.1) is 0 Å². The smallest absolute Gasteiger partial charge is 0.276 e. The number of aromatic amines is 1. The van der Waals surface area contributed by atoms with Gasteiger partial charge in [-0.2, -0.15) is 5.10 Å². The van der Waals surface area contributed by atoms with Gasteiger partial charge in [0.25, 0.3) is 17.4 Å². The molecule has 136 valence electrons. The molecule has 3 heterocycles. The normalized spacial score (nSPS) is 13.1. The Morgan fingerprint density at radius 3 is 2.67 bits per heavy atom. The molecule has 0 fully saturated rings. The number of carbonyl (C=O) groups excluding carboxylic acids is 2. The van der Waals surface area contributed by atoms with Gasteiger partial charge in [-0.25, -0.2) is 4.98 Å². The van der Waals surface area contributed by atoms with Crippen LogP contribution in [0.3, 0.4) is 0 Å². The number of nitrogens with one attached hydrogen (secondary N) is 2. The highest BCUT2D eigenvalue weighted by Crippen LogP contribution is 2.16. The zero-order chi connectivity index (χ0) is 18.8. The van der Waals surface area contributed by atoms with Crippen LogP contribution in [0.25, 0.3) is 0 Å². The molecule has 0 aliphatic carbocycles. The molecule has 1 aliphatic rings. The van der Waals surface area contributed by atoms with Gasteiger partial charge in [0.2, 0.25) is 0 Å². The van der Waals surface area contributed by atoms with Crippen LogP contribution in [0.15, 0.2) is 53.6 Å². The zero-order valence-corrected chi connectivity index (χ0v) is 14.3. The van der Waals surface area contributed by atoms with E-state index in [2.05, 4.69) is 20.4 Å². The summed E-state index contributed by atoms with van der Waals surface area (Å²) in [5, 5.41) is 7.12. The number of amides is 2. The summed E-state index contributed by atoms with van der Waals surface area (Å²) in [6.45, 7) is 1.22. The van der Waals surface area contributed by atoms with Crippen LogP contribution >= 0.6 is 0 Å². The maximum Gasteiger partial charge on any atom is 0.276 e. The van der Waals surface area contributed by atoms with Crippen molar-refractivity contribution in [3.05, 3.63) is 76.2 Å². The highest BCUT2D eigenvalue weighted by atomic mass is 16.2. The molecule has 2 amide bonds. The molecule has 0 bridgehead atoms. The van der Waals surface area contributed by atoms with Crippen molar-refractivity contribution in [2.24, 2.45) is 0 Å². The van der Waals surface area contributed by atoms with Gasteiger partial charge in [0.1, 0.15) is 5.69 Å². The van der Waals surface area contributed by atoms with Crippen LogP contribution in [-0.4, -0.2) is 43.0 Å². The minimum Gasteiger partial charge on any atom is -0.330 e. The molecule has 2 aromatic heterocycles. The summed E-state index contributed by atoms with van der Waals surface area (Å²) >= 11 is 0.